The normalized spacial score (nSPS) is 14.2. The summed E-state index contributed by atoms with van der Waals surface area (Å²) in [6, 6.07) is 3.98. The SMILES string of the molecule is NCCc1nc(C(=O)NCc2ccnc(N3CCCC3)c2)cs1. The Bertz CT molecular complexity index is 666. The number of amides is 1. The summed E-state index contributed by atoms with van der Waals surface area (Å²) in [5.41, 5.74) is 7.02. The molecule has 2 aromatic rings. The van der Waals surface area contributed by atoms with E-state index in [1.807, 2.05) is 12.1 Å². The molecule has 1 saturated heterocycles. The number of aromatic nitrogens is 2. The lowest BCUT2D eigenvalue weighted by Gasteiger charge is -2.16. The molecule has 23 heavy (non-hydrogen) atoms. The number of nitrogens with zero attached hydrogens (tertiary/aromatic N) is 3. The zero-order valence-electron chi connectivity index (χ0n) is 13.0. The van der Waals surface area contributed by atoms with Gasteiger partial charge in [0, 0.05) is 37.6 Å². The summed E-state index contributed by atoms with van der Waals surface area (Å²) in [6.07, 6.45) is 4.95. The van der Waals surface area contributed by atoms with Gasteiger partial charge in [0.1, 0.15) is 11.5 Å². The Labute approximate surface area is 139 Å². The van der Waals surface area contributed by atoms with E-state index in [-0.39, 0.29) is 5.91 Å². The number of nitrogens with one attached hydrogen (secondary N) is 1. The van der Waals surface area contributed by atoms with Gasteiger partial charge in [0.25, 0.3) is 5.91 Å². The summed E-state index contributed by atoms with van der Waals surface area (Å²) < 4.78 is 0. The molecule has 0 bridgehead atoms. The number of hydrogen-bond donors (Lipinski definition) is 2. The quantitative estimate of drug-likeness (QED) is 0.839. The van der Waals surface area contributed by atoms with Crippen LogP contribution >= 0.6 is 11.3 Å². The molecule has 0 aliphatic carbocycles. The lowest BCUT2D eigenvalue weighted by atomic mass is 10.2. The highest BCUT2D eigenvalue weighted by Crippen LogP contribution is 2.18. The number of thiazole rings is 1. The Hall–Kier alpha value is -1.99. The molecule has 0 radical (unpaired) electrons. The monoisotopic (exact) mass is 331 g/mol. The Balaban J connectivity index is 1.58. The van der Waals surface area contributed by atoms with Gasteiger partial charge in [0.2, 0.25) is 0 Å². The van der Waals surface area contributed by atoms with Gasteiger partial charge < -0.3 is 16.0 Å². The van der Waals surface area contributed by atoms with E-state index in [9.17, 15) is 4.79 Å². The molecule has 0 aromatic carbocycles. The summed E-state index contributed by atoms with van der Waals surface area (Å²) in [6.45, 7) is 3.15. The molecule has 1 amide bonds. The predicted molar refractivity (Wildman–Crippen MR) is 91.7 cm³/mol. The summed E-state index contributed by atoms with van der Waals surface area (Å²) >= 11 is 1.47. The molecule has 2 aromatic heterocycles. The van der Waals surface area contributed by atoms with Crippen LogP contribution in [0.1, 0.15) is 33.9 Å². The number of carbonyl (C=O) groups excluding carboxylic acids is 1. The third kappa shape index (κ3) is 4.05. The van der Waals surface area contributed by atoms with Crippen molar-refractivity contribution in [2.45, 2.75) is 25.8 Å². The van der Waals surface area contributed by atoms with E-state index in [4.69, 9.17) is 5.73 Å². The van der Waals surface area contributed by atoms with Crippen LogP contribution in [0.3, 0.4) is 0 Å². The number of rotatable bonds is 6. The first-order valence-electron chi connectivity index (χ1n) is 7.89. The fraction of sp³-hybridized carbons (Fsp3) is 0.438. The molecule has 122 valence electrons. The molecule has 0 spiro atoms. The van der Waals surface area contributed by atoms with Crippen LogP contribution in [-0.4, -0.2) is 35.5 Å². The first kappa shape index (κ1) is 15.9. The van der Waals surface area contributed by atoms with Gasteiger partial charge in [0.15, 0.2) is 0 Å². The molecule has 3 heterocycles. The number of pyridine rings is 1. The highest BCUT2D eigenvalue weighted by molar-refractivity contribution is 7.09. The maximum absolute atomic E-state index is 12.2. The second-order valence-electron chi connectivity index (χ2n) is 5.56. The van der Waals surface area contributed by atoms with E-state index in [1.54, 1.807) is 11.6 Å². The van der Waals surface area contributed by atoms with Gasteiger partial charge in [-0.15, -0.1) is 11.3 Å². The minimum Gasteiger partial charge on any atom is -0.357 e. The highest BCUT2D eigenvalue weighted by atomic mass is 32.1. The van der Waals surface area contributed by atoms with Crippen molar-refractivity contribution in [1.29, 1.82) is 0 Å². The number of nitrogens with two attached hydrogens (primary N) is 1. The average Bonchev–Trinajstić information content (AvgIpc) is 3.25. The predicted octanol–water partition coefficient (Wildman–Crippen LogP) is 1.57. The van der Waals surface area contributed by atoms with E-state index in [2.05, 4.69) is 20.2 Å². The molecule has 0 atom stereocenters. The second kappa shape index (κ2) is 7.52. The van der Waals surface area contributed by atoms with Crippen LogP contribution in [0.25, 0.3) is 0 Å². The van der Waals surface area contributed by atoms with Crippen molar-refractivity contribution in [3.8, 4) is 0 Å². The minimum atomic E-state index is -0.149. The van der Waals surface area contributed by atoms with Gasteiger partial charge in [-0.3, -0.25) is 4.79 Å². The fourth-order valence-electron chi connectivity index (χ4n) is 2.62. The van der Waals surface area contributed by atoms with Gasteiger partial charge >= 0.3 is 0 Å². The smallest absolute Gasteiger partial charge is 0.271 e. The van der Waals surface area contributed by atoms with E-state index >= 15 is 0 Å². The molecule has 0 unspecified atom stereocenters. The molecule has 3 rings (SSSR count). The van der Waals surface area contributed by atoms with Crippen molar-refractivity contribution in [2.75, 3.05) is 24.5 Å². The molecular formula is C16H21N5OS. The zero-order chi connectivity index (χ0) is 16.1. The lowest BCUT2D eigenvalue weighted by Crippen LogP contribution is -2.24. The standard InChI is InChI=1S/C16H21N5OS/c17-5-3-15-20-13(11-23-15)16(22)19-10-12-4-6-18-14(9-12)21-7-1-2-8-21/h4,6,9,11H,1-3,5,7-8,10,17H2,(H,19,22). The maximum atomic E-state index is 12.2. The molecule has 0 saturated carbocycles. The number of anilines is 1. The first-order valence-corrected chi connectivity index (χ1v) is 8.77. The Morgan fingerprint density at radius 1 is 1.39 bits per heavy atom. The molecule has 7 heteroatoms. The first-order chi connectivity index (χ1) is 11.3. The van der Waals surface area contributed by atoms with Crippen LogP contribution in [0.2, 0.25) is 0 Å². The van der Waals surface area contributed by atoms with Crippen LogP contribution in [0.15, 0.2) is 23.7 Å². The van der Waals surface area contributed by atoms with Gasteiger partial charge in [-0.25, -0.2) is 9.97 Å². The van der Waals surface area contributed by atoms with Crippen molar-refractivity contribution in [2.24, 2.45) is 5.73 Å². The molecule has 1 fully saturated rings. The minimum absolute atomic E-state index is 0.149. The van der Waals surface area contributed by atoms with Crippen LogP contribution in [0.4, 0.5) is 5.82 Å². The van der Waals surface area contributed by atoms with Crippen molar-refractivity contribution in [3.63, 3.8) is 0 Å². The Kier molecular flexibility index (Phi) is 5.19. The van der Waals surface area contributed by atoms with Gasteiger partial charge in [-0.05, 0) is 37.1 Å². The molecule has 3 N–H and O–H groups in total. The number of carbonyl (C=O) groups is 1. The maximum Gasteiger partial charge on any atom is 0.271 e. The van der Waals surface area contributed by atoms with E-state index < -0.39 is 0 Å². The van der Waals surface area contributed by atoms with Crippen LogP contribution in [-0.2, 0) is 13.0 Å². The number of hydrogen-bond acceptors (Lipinski definition) is 6. The Morgan fingerprint density at radius 3 is 3.00 bits per heavy atom. The molecule has 6 nitrogen and oxygen atoms in total. The van der Waals surface area contributed by atoms with E-state index in [0.29, 0.717) is 25.2 Å². The summed E-state index contributed by atoms with van der Waals surface area (Å²) in [5, 5.41) is 5.60. The summed E-state index contributed by atoms with van der Waals surface area (Å²) in [4.78, 5) is 23.2. The largest absolute Gasteiger partial charge is 0.357 e. The Morgan fingerprint density at radius 2 is 2.22 bits per heavy atom. The summed E-state index contributed by atoms with van der Waals surface area (Å²) in [7, 11) is 0. The topological polar surface area (TPSA) is 84.1 Å². The van der Waals surface area contributed by atoms with Crippen LogP contribution < -0.4 is 16.0 Å². The zero-order valence-corrected chi connectivity index (χ0v) is 13.8. The van der Waals surface area contributed by atoms with Crippen LogP contribution in [0.5, 0.6) is 0 Å². The van der Waals surface area contributed by atoms with Gasteiger partial charge in [-0.2, -0.15) is 0 Å². The second-order valence-corrected chi connectivity index (χ2v) is 6.51. The van der Waals surface area contributed by atoms with Crippen molar-refractivity contribution in [1.82, 2.24) is 15.3 Å². The van der Waals surface area contributed by atoms with Crippen molar-refractivity contribution in [3.05, 3.63) is 40.0 Å². The fourth-order valence-corrected chi connectivity index (χ4v) is 3.41. The highest BCUT2D eigenvalue weighted by Gasteiger charge is 2.14. The molecule has 1 aliphatic heterocycles. The van der Waals surface area contributed by atoms with Gasteiger partial charge in [0.05, 0.1) is 5.01 Å². The van der Waals surface area contributed by atoms with Gasteiger partial charge in [-0.1, -0.05) is 0 Å². The lowest BCUT2D eigenvalue weighted by molar-refractivity contribution is 0.0946. The third-order valence-corrected chi connectivity index (χ3v) is 4.74. The summed E-state index contributed by atoms with van der Waals surface area (Å²) in [5.74, 6) is 0.845. The van der Waals surface area contributed by atoms with Crippen molar-refractivity contribution >= 4 is 23.1 Å². The van der Waals surface area contributed by atoms with E-state index in [0.717, 1.165) is 29.5 Å². The third-order valence-electron chi connectivity index (χ3n) is 3.84. The van der Waals surface area contributed by atoms with E-state index in [1.165, 1.54) is 24.2 Å². The average molecular weight is 331 g/mol. The molecular weight excluding hydrogens is 310 g/mol. The van der Waals surface area contributed by atoms with Crippen molar-refractivity contribution < 1.29 is 4.79 Å². The van der Waals surface area contributed by atoms with Crippen LogP contribution in [0, 0.1) is 0 Å². The molecule has 1 aliphatic rings.